The summed E-state index contributed by atoms with van der Waals surface area (Å²) in [6.45, 7) is 11.5. The minimum Gasteiger partial charge on any atom is -0.462 e. The smallest absolute Gasteiger partial charge is 0.306 e. The van der Waals surface area contributed by atoms with E-state index in [4.69, 9.17) is 14.2 Å². The molecule has 0 amide bonds. The van der Waals surface area contributed by atoms with Crippen molar-refractivity contribution in [2.24, 2.45) is 11.8 Å². The van der Waals surface area contributed by atoms with Gasteiger partial charge >= 0.3 is 17.9 Å². The van der Waals surface area contributed by atoms with Crippen LogP contribution in [0.1, 0.15) is 349 Å². The van der Waals surface area contributed by atoms with E-state index in [9.17, 15) is 14.4 Å². The van der Waals surface area contributed by atoms with Crippen molar-refractivity contribution >= 4 is 17.9 Å². The zero-order chi connectivity index (χ0) is 49.6. The summed E-state index contributed by atoms with van der Waals surface area (Å²) in [5.74, 6) is 0.905. The van der Waals surface area contributed by atoms with Gasteiger partial charge in [0.05, 0.1) is 0 Å². The lowest BCUT2D eigenvalue weighted by molar-refractivity contribution is -0.167. The van der Waals surface area contributed by atoms with Crippen LogP contribution in [0.2, 0.25) is 0 Å². The Kier molecular flexibility index (Phi) is 53.5. The average molecular weight is 962 g/mol. The van der Waals surface area contributed by atoms with E-state index in [1.54, 1.807) is 0 Å². The van der Waals surface area contributed by atoms with Crippen molar-refractivity contribution < 1.29 is 28.6 Å². The van der Waals surface area contributed by atoms with Crippen LogP contribution in [0.4, 0.5) is 0 Å². The third kappa shape index (κ3) is 53.8. The first-order chi connectivity index (χ1) is 33.3. The first kappa shape index (κ1) is 66.4. The highest BCUT2D eigenvalue weighted by atomic mass is 16.6. The topological polar surface area (TPSA) is 78.9 Å². The molecule has 0 aromatic heterocycles. The molecule has 6 nitrogen and oxygen atoms in total. The lowest BCUT2D eigenvalue weighted by Gasteiger charge is -2.18. The lowest BCUT2D eigenvalue weighted by atomic mass is 9.99. The third-order valence-corrected chi connectivity index (χ3v) is 14.6. The summed E-state index contributed by atoms with van der Waals surface area (Å²) in [6, 6.07) is 0. The zero-order valence-corrected chi connectivity index (χ0v) is 46.7. The molecular formula is C62H120O6. The highest BCUT2D eigenvalue weighted by Crippen LogP contribution is 2.19. The van der Waals surface area contributed by atoms with Crippen molar-refractivity contribution in [3.8, 4) is 0 Å². The van der Waals surface area contributed by atoms with E-state index in [0.717, 1.165) is 69.6 Å². The van der Waals surface area contributed by atoms with Crippen LogP contribution in [0, 0.1) is 11.8 Å². The Hall–Kier alpha value is -1.59. The maximum Gasteiger partial charge on any atom is 0.306 e. The van der Waals surface area contributed by atoms with Crippen LogP contribution in [-0.4, -0.2) is 37.2 Å². The van der Waals surface area contributed by atoms with E-state index in [1.807, 2.05) is 0 Å². The summed E-state index contributed by atoms with van der Waals surface area (Å²) >= 11 is 0. The first-order valence-corrected chi connectivity index (χ1v) is 30.8. The van der Waals surface area contributed by atoms with Gasteiger partial charge in [-0.1, -0.05) is 311 Å². The van der Waals surface area contributed by atoms with Gasteiger partial charge in [0.15, 0.2) is 6.10 Å². The molecule has 2 atom stereocenters. The van der Waals surface area contributed by atoms with Crippen LogP contribution < -0.4 is 0 Å². The predicted molar refractivity (Wildman–Crippen MR) is 293 cm³/mol. The third-order valence-electron chi connectivity index (χ3n) is 14.6. The summed E-state index contributed by atoms with van der Waals surface area (Å²) in [5, 5.41) is 0. The maximum absolute atomic E-state index is 12.9. The van der Waals surface area contributed by atoms with Crippen molar-refractivity contribution in [1.29, 1.82) is 0 Å². The molecule has 0 saturated carbocycles. The highest BCUT2D eigenvalue weighted by Gasteiger charge is 2.19. The van der Waals surface area contributed by atoms with Crippen LogP contribution in [0.25, 0.3) is 0 Å². The van der Waals surface area contributed by atoms with Gasteiger partial charge in [0.1, 0.15) is 13.2 Å². The van der Waals surface area contributed by atoms with E-state index in [0.29, 0.717) is 19.3 Å². The summed E-state index contributed by atoms with van der Waals surface area (Å²) < 4.78 is 16.9. The molecule has 0 aromatic carbocycles. The van der Waals surface area contributed by atoms with Crippen LogP contribution in [0.5, 0.6) is 0 Å². The molecule has 0 fully saturated rings. The molecule has 0 bridgehead atoms. The molecule has 0 N–H and O–H groups in total. The summed E-state index contributed by atoms with van der Waals surface area (Å²) in [7, 11) is 0. The van der Waals surface area contributed by atoms with Crippen molar-refractivity contribution in [1.82, 2.24) is 0 Å². The molecule has 0 aliphatic rings. The van der Waals surface area contributed by atoms with Gasteiger partial charge in [-0.25, -0.2) is 0 Å². The van der Waals surface area contributed by atoms with Gasteiger partial charge in [0.25, 0.3) is 0 Å². The van der Waals surface area contributed by atoms with Crippen LogP contribution in [0.15, 0.2) is 0 Å². The monoisotopic (exact) mass is 961 g/mol. The number of carbonyl (C=O) groups excluding carboxylic acids is 3. The average Bonchev–Trinajstić information content (AvgIpc) is 3.32. The quantitative estimate of drug-likeness (QED) is 0.0343. The van der Waals surface area contributed by atoms with E-state index in [2.05, 4.69) is 34.6 Å². The summed E-state index contributed by atoms with van der Waals surface area (Å²) in [5.41, 5.74) is 0. The summed E-state index contributed by atoms with van der Waals surface area (Å²) in [6.07, 6.45) is 59.4. The second-order valence-electron chi connectivity index (χ2n) is 22.1. The van der Waals surface area contributed by atoms with Gasteiger partial charge in [0.2, 0.25) is 0 Å². The van der Waals surface area contributed by atoms with Gasteiger partial charge in [-0.15, -0.1) is 0 Å². The minimum atomic E-state index is -0.763. The van der Waals surface area contributed by atoms with Crippen molar-refractivity contribution in [2.45, 2.75) is 355 Å². The minimum absolute atomic E-state index is 0.0621. The van der Waals surface area contributed by atoms with Gasteiger partial charge in [-0.2, -0.15) is 0 Å². The SMILES string of the molecule is CCCCCCCCCCCCCCCCCC(=O)OC[C@@H](COC(=O)CCCCCCCCCCCCCCCCC(C)C)OC(=O)CCCCCCCCCCCCCCCCC(C)CC. The molecule has 404 valence electrons. The van der Waals surface area contributed by atoms with Crippen molar-refractivity contribution in [2.75, 3.05) is 13.2 Å². The number of rotatable bonds is 56. The molecule has 0 rings (SSSR count). The molecule has 0 radical (unpaired) electrons. The van der Waals surface area contributed by atoms with E-state index in [1.165, 1.54) is 238 Å². The molecular weight excluding hydrogens is 841 g/mol. The predicted octanol–water partition coefficient (Wildman–Crippen LogP) is 20.4. The number of unbranched alkanes of at least 4 members (excludes halogenated alkanes) is 40. The number of hydrogen-bond donors (Lipinski definition) is 0. The molecule has 68 heavy (non-hydrogen) atoms. The molecule has 6 heteroatoms. The second-order valence-corrected chi connectivity index (χ2v) is 22.1. The Bertz CT molecular complexity index is 1040. The van der Waals surface area contributed by atoms with Gasteiger partial charge in [-0.3, -0.25) is 14.4 Å². The first-order valence-electron chi connectivity index (χ1n) is 30.8. The number of esters is 3. The van der Waals surface area contributed by atoms with Gasteiger partial charge in [-0.05, 0) is 31.1 Å². The highest BCUT2D eigenvalue weighted by molar-refractivity contribution is 5.71. The Balaban J connectivity index is 4.30. The molecule has 1 unspecified atom stereocenters. The maximum atomic E-state index is 12.9. The standard InChI is InChI=1S/C62H120O6/c1-6-8-9-10-11-12-13-14-15-22-27-32-37-42-47-52-60(63)66-55-59(56-67-61(64)53-48-43-38-33-28-23-18-16-20-25-30-35-40-45-50-57(3)4)68-62(65)54-49-44-39-34-29-24-19-17-21-26-31-36-41-46-51-58(5)7-2/h57-59H,6-56H2,1-5H3/t58?,59-/m0/s1. The fourth-order valence-corrected chi connectivity index (χ4v) is 9.55. The van der Waals surface area contributed by atoms with E-state index >= 15 is 0 Å². The summed E-state index contributed by atoms with van der Waals surface area (Å²) in [4.78, 5) is 38.2. The molecule has 0 aliphatic carbocycles. The Morgan fingerprint density at radius 2 is 0.559 bits per heavy atom. The molecule has 0 heterocycles. The second kappa shape index (κ2) is 54.7. The lowest BCUT2D eigenvalue weighted by Crippen LogP contribution is -2.30. The molecule has 0 spiro atoms. The Labute approximate surface area is 425 Å². The fourth-order valence-electron chi connectivity index (χ4n) is 9.55. The van der Waals surface area contributed by atoms with Crippen molar-refractivity contribution in [3.05, 3.63) is 0 Å². The molecule has 0 aromatic rings. The Morgan fingerprint density at radius 3 is 0.838 bits per heavy atom. The van der Waals surface area contributed by atoms with Gasteiger partial charge < -0.3 is 14.2 Å². The Morgan fingerprint density at radius 1 is 0.309 bits per heavy atom. The molecule has 0 aliphatic heterocycles. The molecule has 0 saturated heterocycles. The zero-order valence-electron chi connectivity index (χ0n) is 46.7. The largest absolute Gasteiger partial charge is 0.462 e. The number of carbonyl (C=O) groups is 3. The van der Waals surface area contributed by atoms with Gasteiger partial charge in [0, 0.05) is 19.3 Å². The number of ether oxygens (including phenoxy) is 3. The van der Waals surface area contributed by atoms with Crippen LogP contribution in [-0.2, 0) is 28.6 Å². The fraction of sp³-hybridized carbons (Fsp3) is 0.952. The van der Waals surface area contributed by atoms with Crippen molar-refractivity contribution in [3.63, 3.8) is 0 Å². The van der Waals surface area contributed by atoms with E-state index < -0.39 is 6.10 Å². The van der Waals surface area contributed by atoms with Crippen LogP contribution >= 0.6 is 0 Å². The normalized spacial score (nSPS) is 12.4. The van der Waals surface area contributed by atoms with Crippen LogP contribution in [0.3, 0.4) is 0 Å². The number of hydrogen-bond acceptors (Lipinski definition) is 6. The van der Waals surface area contributed by atoms with E-state index in [-0.39, 0.29) is 31.1 Å².